The highest BCUT2D eigenvalue weighted by Gasteiger charge is 2.21. The molecular weight excluding hydrogens is 300 g/mol. The number of hydrogen-bond acceptors (Lipinski definition) is 2. The summed E-state index contributed by atoms with van der Waals surface area (Å²) in [7, 11) is 0. The van der Waals surface area contributed by atoms with Gasteiger partial charge in [0.25, 0.3) is 5.91 Å². The third-order valence-corrected chi connectivity index (χ3v) is 2.75. The van der Waals surface area contributed by atoms with Crippen LogP contribution in [0, 0.1) is 12.3 Å². The fraction of sp³-hybridized carbons (Fsp3) is 0.333. The second-order valence-corrected chi connectivity index (χ2v) is 4.50. The molecule has 0 fully saturated rings. The quantitative estimate of drug-likeness (QED) is 0.837. The van der Waals surface area contributed by atoms with Gasteiger partial charge in [-0.3, -0.25) is 9.59 Å². The summed E-state index contributed by atoms with van der Waals surface area (Å²) < 4.78 is 2.50. The van der Waals surface area contributed by atoms with Gasteiger partial charge in [-0.2, -0.15) is 0 Å². The molecule has 0 saturated heterocycles. The van der Waals surface area contributed by atoms with Crippen molar-refractivity contribution in [1.82, 2.24) is 9.47 Å². The smallest absolute Gasteiger partial charge is 0.323 e. The number of aryl methyl sites for hydroxylation is 1. The number of carbonyl (C=O) groups excluding carboxylic acids is 1. The fourth-order valence-electron chi connectivity index (χ4n) is 1.55. The first-order valence-electron chi connectivity index (χ1n) is 5.29. The summed E-state index contributed by atoms with van der Waals surface area (Å²) in [5.41, 5.74) is 0.417. The molecule has 1 amide bonds. The van der Waals surface area contributed by atoms with Crippen LogP contribution in [0.2, 0.25) is 0 Å². The number of carboxylic acid groups (broad SMARTS) is 1. The average molecular weight is 313 g/mol. The van der Waals surface area contributed by atoms with Gasteiger partial charge >= 0.3 is 5.97 Å². The molecule has 0 atom stereocenters. The Bertz CT molecular complexity index is 502. The Morgan fingerprint density at radius 3 is 2.78 bits per heavy atom. The zero-order valence-corrected chi connectivity index (χ0v) is 11.5. The van der Waals surface area contributed by atoms with E-state index in [2.05, 4.69) is 21.9 Å². The first-order valence-corrected chi connectivity index (χ1v) is 6.09. The number of rotatable bonds is 5. The molecular formula is C12H13BrN2O3. The van der Waals surface area contributed by atoms with Gasteiger partial charge < -0.3 is 14.6 Å². The Labute approximate surface area is 114 Å². The zero-order chi connectivity index (χ0) is 13.7. The van der Waals surface area contributed by atoms with Gasteiger partial charge in [-0.05, 0) is 28.9 Å². The number of halogens is 1. The van der Waals surface area contributed by atoms with Gasteiger partial charge in [0.1, 0.15) is 12.2 Å². The molecule has 5 nitrogen and oxygen atoms in total. The molecule has 0 unspecified atom stereocenters. The molecule has 0 bridgehead atoms. The maximum Gasteiger partial charge on any atom is 0.323 e. The first-order chi connectivity index (χ1) is 8.49. The second kappa shape index (κ2) is 6.26. The Kier molecular flexibility index (Phi) is 4.98. The number of terminal acetylenes is 1. The summed E-state index contributed by atoms with van der Waals surface area (Å²) in [6, 6.07) is 1.65. The second-order valence-electron chi connectivity index (χ2n) is 3.59. The average Bonchev–Trinajstić information content (AvgIpc) is 2.68. The summed E-state index contributed by atoms with van der Waals surface area (Å²) in [5.74, 6) is 0.812. The molecule has 1 aromatic heterocycles. The van der Waals surface area contributed by atoms with E-state index in [-0.39, 0.29) is 12.5 Å². The molecule has 0 aliphatic carbocycles. The van der Waals surface area contributed by atoms with Crippen molar-refractivity contribution in [3.63, 3.8) is 0 Å². The summed E-state index contributed by atoms with van der Waals surface area (Å²) in [6.07, 6.45) is 6.91. The normalized spacial score (nSPS) is 9.83. The minimum atomic E-state index is -1.09. The van der Waals surface area contributed by atoms with Crippen LogP contribution in [0.25, 0.3) is 0 Å². The molecule has 0 spiro atoms. The van der Waals surface area contributed by atoms with Crippen molar-refractivity contribution in [2.75, 3.05) is 13.1 Å². The van der Waals surface area contributed by atoms with Gasteiger partial charge in [0.05, 0.1) is 6.54 Å². The number of nitrogens with zero attached hydrogens (tertiary/aromatic N) is 2. The molecule has 0 radical (unpaired) electrons. The van der Waals surface area contributed by atoms with Crippen LogP contribution in [-0.4, -0.2) is 39.5 Å². The van der Waals surface area contributed by atoms with Gasteiger partial charge in [0, 0.05) is 17.2 Å². The molecule has 1 N–H and O–H groups in total. The fourth-order valence-corrected chi connectivity index (χ4v) is 2.01. The molecule has 1 rings (SSSR count). The molecule has 1 heterocycles. The first kappa shape index (κ1) is 14.3. The Balaban J connectivity index is 3.01. The Hall–Kier alpha value is -1.74. The molecule has 18 heavy (non-hydrogen) atoms. The topological polar surface area (TPSA) is 62.5 Å². The van der Waals surface area contributed by atoms with Gasteiger partial charge in [-0.15, -0.1) is 6.42 Å². The summed E-state index contributed by atoms with van der Waals surface area (Å²) in [6.45, 7) is 2.07. The van der Waals surface area contributed by atoms with Gasteiger partial charge in [-0.25, -0.2) is 0 Å². The van der Waals surface area contributed by atoms with Crippen LogP contribution in [0.5, 0.6) is 0 Å². The molecule has 0 saturated carbocycles. The lowest BCUT2D eigenvalue weighted by Gasteiger charge is -2.18. The summed E-state index contributed by atoms with van der Waals surface area (Å²) >= 11 is 3.28. The van der Waals surface area contributed by atoms with Crippen molar-refractivity contribution in [1.29, 1.82) is 0 Å². The number of hydrogen-bond donors (Lipinski definition) is 1. The predicted molar refractivity (Wildman–Crippen MR) is 70.2 cm³/mol. The maximum atomic E-state index is 12.2. The van der Waals surface area contributed by atoms with E-state index >= 15 is 0 Å². The van der Waals surface area contributed by atoms with E-state index < -0.39 is 12.5 Å². The van der Waals surface area contributed by atoms with Crippen molar-refractivity contribution in [3.8, 4) is 12.3 Å². The highest BCUT2D eigenvalue weighted by molar-refractivity contribution is 9.10. The molecule has 96 valence electrons. The number of aliphatic carboxylic acids is 1. The van der Waals surface area contributed by atoms with Crippen molar-refractivity contribution in [2.45, 2.75) is 13.5 Å². The molecule has 0 aromatic carbocycles. The zero-order valence-electron chi connectivity index (χ0n) is 9.89. The maximum absolute atomic E-state index is 12.2. The Morgan fingerprint density at radius 2 is 2.28 bits per heavy atom. The lowest BCUT2D eigenvalue weighted by molar-refractivity contribution is -0.137. The van der Waals surface area contributed by atoms with E-state index in [4.69, 9.17) is 11.5 Å². The van der Waals surface area contributed by atoms with Crippen LogP contribution in [0.4, 0.5) is 0 Å². The summed E-state index contributed by atoms with van der Waals surface area (Å²) in [4.78, 5) is 24.0. The van der Waals surface area contributed by atoms with Crippen molar-refractivity contribution in [3.05, 3.63) is 22.4 Å². The van der Waals surface area contributed by atoms with E-state index in [1.165, 1.54) is 0 Å². The molecule has 6 heteroatoms. The third kappa shape index (κ3) is 3.37. The van der Waals surface area contributed by atoms with Crippen LogP contribution in [0.15, 0.2) is 16.7 Å². The number of aromatic nitrogens is 1. The van der Waals surface area contributed by atoms with Crippen molar-refractivity contribution >= 4 is 27.8 Å². The van der Waals surface area contributed by atoms with Crippen LogP contribution >= 0.6 is 15.9 Å². The van der Waals surface area contributed by atoms with E-state index in [1.54, 1.807) is 16.8 Å². The van der Waals surface area contributed by atoms with Crippen LogP contribution in [-0.2, 0) is 11.3 Å². The molecule has 1 aromatic rings. The van der Waals surface area contributed by atoms with Crippen molar-refractivity contribution in [2.24, 2.45) is 0 Å². The van der Waals surface area contributed by atoms with E-state index in [0.717, 1.165) is 9.37 Å². The molecule has 0 aliphatic rings. The lowest BCUT2D eigenvalue weighted by atomic mass is 10.3. The van der Waals surface area contributed by atoms with Gasteiger partial charge in [0.2, 0.25) is 0 Å². The lowest BCUT2D eigenvalue weighted by Crippen LogP contribution is -2.37. The highest BCUT2D eigenvalue weighted by Crippen LogP contribution is 2.16. The number of carboxylic acids is 1. The van der Waals surface area contributed by atoms with E-state index in [9.17, 15) is 9.59 Å². The monoisotopic (exact) mass is 312 g/mol. The SMILES string of the molecule is C#CCN(CC(=O)O)C(=O)c1cc(Br)cn1CC. The number of carbonyl (C=O) groups is 2. The Morgan fingerprint density at radius 1 is 1.61 bits per heavy atom. The van der Waals surface area contributed by atoms with Gasteiger partial charge in [0.15, 0.2) is 0 Å². The predicted octanol–water partition coefficient (Wildman–Crippen LogP) is 1.43. The summed E-state index contributed by atoms with van der Waals surface area (Å²) in [5, 5.41) is 8.76. The van der Waals surface area contributed by atoms with Crippen molar-refractivity contribution < 1.29 is 14.7 Å². The number of amides is 1. The van der Waals surface area contributed by atoms with Crippen LogP contribution in [0.1, 0.15) is 17.4 Å². The standard InChI is InChI=1S/C12H13BrN2O3/c1-3-5-15(8-11(16)17)12(18)10-6-9(13)7-14(10)4-2/h1,6-7H,4-5,8H2,2H3,(H,16,17). The van der Waals surface area contributed by atoms with E-state index in [0.29, 0.717) is 12.2 Å². The highest BCUT2D eigenvalue weighted by atomic mass is 79.9. The van der Waals surface area contributed by atoms with Crippen LogP contribution in [0.3, 0.4) is 0 Å². The van der Waals surface area contributed by atoms with E-state index in [1.807, 2.05) is 6.92 Å². The molecule has 0 aliphatic heterocycles. The third-order valence-electron chi connectivity index (χ3n) is 2.32. The minimum absolute atomic E-state index is 0.0301. The minimum Gasteiger partial charge on any atom is -0.480 e. The van der Waals surface area contributed by atoms with Crippen LogP contribution < -0.4 is 0 Å². The largest absolute Gasteiger partial charge is 0.480 e. The van der Waals surface area contributed by atoms with Gasteiger partial charge in [-0.1, -0.05) is 5.92 Å².